The van der Waals surface area contributed by atoms with Crippen molar-refractivity contribution in [2.45, 2.75) is 85.0 Å². The largest absolute Gasteiger partial charge is 0.481 e. The first-order chi connectivity index (χ1) is 22.9. The summed E-state index contributed by atoms with van der Waals surface area (Å²) in [6.07, 6.45) is -3.84. The highest BCUT2D eigenvalue weighted by molar-refractivity contribution is 5.90. The van der Waals surface area contributed by atoms with Gasteiger partial charge in [-0.05, 0) is 23.0 Å². The molecule has 0 aliphatic carbocycles. The van der Waals surface area contributed by atoms with Crippen LogP contribution in [0.3, 0.4) is 0 Å². The van der Waals surface area contributed by atoms with Gasteiger partial charge < -0.3 is 39.4 Å². The molecule has 0 saturated heterocycles. The van der Waals surface area contributed by atoms with Gasteiger partial charge in [0.05, 0.1) is 13.0 Å². The van der Waals surface area contributed by atoms with Crippen LogP contribution in [0.2, 0.25) is 0 Å². The smallest absolute Gasteiger partial charge is 0.408 e. The van der Waals surface area contributed by atoms with Gasteiger partial charge in [0.1, 0.15) is 31.7 Å². The van der Waals surface area contributed by atoms with E-state index in [2.05, 4.69) is 10.6 Å². The van der Waals surface area contributed by atoms with Gasteiger partial charge in [-0.1, -0.05) is 101 Å². The number of benzene rings is 2. The van der Waals surface area contributed by atoms with E-state index in [9.17, 15) is 28.8 Å². The van der Waals surface area contributed by atoms with E-state index in [1.54, 1.807) is 69.3 Å². The van der Waals surface area contributed by atoms with E-state index in [0.29, 0.717) is 12.8 Å². The number of rotatable bonds is 19. The predicted octanol–water partition coefficient (Wildman–Crippen LogP) is 4.49. The summed E-state index contributed by atoms with van der Waals surface area (Å²) in [4.78, 5) is 74.4. The van der Waals surface area contributed by atoms with Crippen molar-refractivity contribution in [2.75, 3.05) is 6.61 Å². The zero-order valence-corrected chi connectivity index (χ0v) is 27.5. The van der Waals surface area contributed by atoms with Crippen LogP contribution in [0.25, 0.3) is 0 Å². The number of carboxylic acids is 1. The molecule has 1 unspecified atom stereocenters. The first-order valence-corrected chi connectivity index (χ1v) is 15.7. The Labute approximate surface area is 279 Å². The van der Waals surface area contributed by atoms with E-state index >= 15 is 0 Å². The molecule has 0 spiro atoms. The molecule has 5 atom stereocenters. The van der Waals surface area contributed by atoms with Crippen LogP contribution in [0.15, 0.2) is 60.7 Å². The molecule has 14 nitrogen and oxygen atoms in total. The van der Waals surface area contributed by atoms with Crippen molar-refractivity contribution in [3.05, 3.63) is 71.8 Å². The number of carboxylic acid groups (broad SMARTS) is 1. The number of carbonyl (C=O) groups is 6. The van der Waals surface area contributed by atoms with Crippen molar-refractivity contribution in [3.8, 4) is 0 Å². The van der Waals surface area contributed by atoms with Crippen LogP contribution < -0.4 is 10.6 Å². The molecule has 2 amide bonds. The van der Waals surface area contributed by atoms with Crippen molar-refractivity contribution >= 4 is 36.1 Å². The fourth-order valence-corrected chi connectivity index (χ4v) is 4.12. The molecule has 2 aromatic carbocycles. The van der Waals surface area contributed by atoms with Crippen molar-refractivity contribution in [2.24, 2.45) is 11.8 Å². The van der Waals surface area contributed by atoms with E-state index in [-0.39, 0.29) is 25.6 Å². The third-order valence-electron chi connectivity index (χ3n) is 7.31. The number of ether oxygens (including phenoxy) is 5. The summed E-state index contributed by atoms with van der Waals surface area (Å²) in [5, 5.41) is 14.0. The summed E-state index contributed by atoms with van der Waals surface area (Å²) in [5.74, 6) is -5.28. The van der Waals surface area contributed by atoms with Crippen LogP contribution in [0.4, 0.5) is 9.59 Å². The van der Waals surface area contributed by atoms with Gasteiger partial charge in [0.2, 0.25) is 0 Å². The molecule has 48 heavy (non-hydrogen) atoms. The van der Waals surface area contributed by atoms with Gasteiger partial charge in [0.25, 0.3) is 6.29 Å². The Bertz CT molecular complexity index is 1340. The number of esters is 3. The highest BCUT2D eigenvalue weighted by atomic mass is 16.7. The lowest BCUT2D eigenvalue weighted by molar-refractivity contribution is -0.193. The summed E-state index contributed by atoms with van der Waals surface area (Å²) in [6, 6.07) is 15.5. The zero-order valence-electron chi connectivity index (χ0n) is 27.5. The molecule has 14 heteroatoms. The lowest BCUT2D eigenvalue weighted by Crippen LogP contribution is -2.48. The third-order valence-corrected chi connectivity index (χ3v) is 7.31. The molecule has 2 aromatic rings. The number of amides is 2. The lowest BCUT2D eigenvalue weighted by Gasteiger charge is -2.26. The van der Waals surface area contributed by atoms with Crippen LogP contribution in [0.1, 0.15) is 64.5 Å². The minimum atomic E-state index is -1.67. The van der Waals surface area contributed by atoms with Crippen LogP contribution in [0, 0.1) is 11.8 Å². The summed E-state index contributed by atoms with van der Waals surface area (Å²) < 4.78 is 26.2. The van der Waals surface area contributed by atoms with Gasteiger partial charge >= 0.3 is 36.1 Å². The van der Waals surface area contributed by atoms with Gasteiger partial charge in [-0.15, -0.1) is 0 Å². The number of hydrogen-bond donors (Lipinski definition) is 3. The SMILES string of the molecule is CC[C@H](C)[C@H](NC(=O)OCc1ccccc1)C(=O)OCCC(OC(=O)CC(=O)O)OC(=O)[C@@H](NC(=O)OCc1ccccc1)[C@@H](C)CC. The maximum absolute atomic E-state index is 13.2. The van der Waals surface area contributed by atoms with E-state index in [0.717, 1.165) is 11.1 Å². The maximum Gasteiger partial charge on any atom is 0.408 e. The second kappa shape index (κ2) is 20.9. The van der Waals surface area contributed by atoms with Crippen molar-refractivity contribution < 1.29 is 57.6 Å². The van der Waals surface area contributed by atoms with Gasteiger partial charge in [0.15, 0.2) is 0 Å². The number of aliphatic carboxylic acids is 1. The fourth-order valence-electron chi connectivity index (χ4n) is 4.12. The average molecular weight is 673 g/mol. The first kappa shape index (κ1) is 39.0. The second-order valence-electron chi connectivity index (χ2n) is 11.0. The second-order valence-corrected chi connectivity index (χ2v) is 11.0. The Morgan fingerprint density at radius 3 is 1.56 bits per heavy atom. The molecule has 0 radical (unpaired) electrons. The van der Waals surface area contributed by atoms with Crippen molar-refractivity contribution in [3.63, 3.8) is 0 Å². The molecular formula is C34H44N2O12. The molecular weight excluding hydrogens is 628 g/mol. The van der Waals surface area contributed by atoms with E-state index < -0.39 is 73.4 Å². The monoisotopic (exact) mass is 672 g/mol. The van der Waals surface area contributed by atoms with E-state index in [1.165, 1.54) is 0 Å². The Morgan fingerprint density at radius 1 is 0.667 bits per heavy atom. The zero-order chi connectivity index (χ0) is 35.5. The normalized spacial score (nSPS) is 13.8. The lowest BCUT2D eigenvalue weighted by atomic mass is 9.99. The maximum atomic E-state index is 13.2. The van der Waals surface area contributed by atoms with Crippen molar-refractivity contribution in [1.29, 1.82) is 0 Å². The van der Waals surface area contributed by atoms with Crippen LogP contribution in [0.5, 0.6) is 0 Å². The highest BCUT2D eigenvalue weighted by Gasteiger charge is 2.33. The standard InChI is InChI=1S/C34H44N2O12/c1-5-22(3)29(35-33(42)45-20-24-13-9-7-10-14-24)31(40)44-18-17-28(47-27(39)19-26(37)38)48-32(41)30(23(4)6-2)36-34(43)46-21-25-15-11-8-12-16-25/h7-16,22-23,28-30H,5-6,17-21H2,1-4H3,(H,35,42)(H,36,43)(H,37,38)/t22-,23-,28?,29-,30-/m0/s1. The van der Waals surface area contributed by atoms with Crippen LogP contribution in [-0.4, -0.2) is 66.2 Å². The summed E-state index contributed by atoms with van der Waals surface area (Å²) in [7, 11) is 0. The molecule has 0 aliphatic heterocycles. The van der Waals surface area contributed by atoms with Crippen LogP contribution >= 0.6 is 0 Å². The predicted molar refractivity (Wildman–Crippen MR) is 170 cm³/mol. The highest BCUT2D eigenvalue weighted by Crippen LogP contribution is 2.15. The van der Waals surface area contributed by atoms with Gasteiger partial charge in [-0.25, -0.2) is 19.2 Å². The Balaban J connectivity index is 2.04. The summed E-state index contributed by atoms with van der Waals surface area (Å²) in [5.41, 5.74) is 1.48. The van der Waals surface area contributed by atoms with E-state index in [1.807, 2.05) is 19.1 Å². The molecule has 0 saturated carbocycles. The topological polar surface area (TPSA) is 193 Å². The molecule has 3 N–H and O–H groups in total. The molecule has 0 heterocycles. The van der Waals surface area contributed by atoms with Crippen molar-refractivity contribution in [1.82, 2.24) is 10.6 Å². The first-order valence-electron chi connectivity index (χ1n) is 15.7. The fraction of sp³-hybridized carbons (Fsp3) is 0.471. The third kappa shape index (κ3) is 14.5. The Hall–Kier alpha value is -5.14. The molecule has 0 aliphatic rings. The number of alkyl carbamates (subject to hydrolysis) is 2. The molecule has 0 aromatic heterocycles. The number of carbonyl (C=O) groups excluding carboxylic acids is 5. The Morgan fingerprint density at radius 2 is 1.12 bits per heavy atom. The van der Waals surface area contributed by atoms with Crippen LogP contribution in [-0.2, 0) is 56.1 Å². The number of nitrogens with one attached hydrogen (secondary N) is 2. The minimum absolute atomic E-state index is 0.0129. The van der Waals surface area contributed by atoms with E-state index in [4.69, 9.17) is 28.8 Å². The summed E-state index contributed by atoms with van der Waals surface area (Å²) >= 11 is 0. The molecule has 262 valence electrons. The average Bonchev–Trinajstić information content (AvgIpc) is 3.07. The summed E-state index contributed by atoms with van der Waals surface area (Å²) in [6.45, 7) is 6.51. The van der Waals surface area contributed by atoms with Gasteiger partial charge in [-0.2, -0.15) is 0 Å². The quantitative estimate of drug-likeness (QED) is 0.0821. The minimum Gasteiger partial charge on any atom is -0.481 e. The molecule has 0 bridgehead atoms. The molecule has 2 rings (SSSR count). The molecule has 0 fully saturated rings. The van der Waals surface area contributed by atoms with Gasteiger partial charge in [-0.3, -0.25) is 9.59 Å². The van der Waals surface area contributed by atoms with Gasteiger partial charge in [0, 0.05) is 0 Å². The Kier molecular flexibility index (Phi) is 17.0. The number of hydrogen-bond acceptors (Lipinski definition) is 11.